The molecule has 0 spiro atoms. The van der Waals surface area contributed by atoms with Crippen LogP contribution in [0.4, 0.5) is 0 Å². The summed E-state index contributed by atoms with van der Waals surface area (Å²) in [5.41, 5.74) is 5.39. The highest BCUT2D eigenvalue weighted by atomic mass is 31.2. The number of carbonyl (C=O) groups excluding carboxylic acids is 2. The molecule has 0 saturated carbocycles. The lowest BCUT2D eigenvalue weighted by Crippen LogP contribution is -2.29. The maximum Gasteiger partial charge on any atom is 0.472 e. The molecule has 0 aromatic heterocycles. The maximum absolute atomic E-state index is 12.7. The minimum Gasteiger partial charge on any atom is -0.462 e. The van der Waals surface area contributed by atoms with Gasteiger partial charge in [0.1, 0.15) is 6.61 Å². The molecule has 462 valence electrons. The Morgan fingerprint density at radius 3 is 1.05 bits per heavy atom. The predicted molar refractivity (Wildman–Crippen MR) is 340 cm³/mol. The first-order valence-corrected chi connectivity index (χ1v) is 35.3. The van der Waals surface area contributed by atoms with E-state index in [0.717, 1.165) is 70.6 Å². The highest BCUT2D eigenvalue weighted by Gasteiger charge is 2.26. The van der Waals surface area contributed by atoms with Crippen LogP contribution in [-0.2, 0) is 32.7 Å². The maximum atomic E-state index is 12.7. The molecule has 9 nitrogen and oxygen atoms in total. The van der Waals surface area contributed by atoms with Crippen LogP contribution >= 0.6 is 7.82 Å². The zero-order valence-corrected chi connectivity index (χ0v) is 52.8. The number of rotatable bonds is 64. The van der Waals surface area contributed by atoms with Crippen molar-refractivity contribution in [2.75, 3.05) is 26.4 Å². The van der Waals surface area contributed by atoms with E-state index in [1.54, 1.807) is 0 Å². The zero-order chi connectivity index (χ0) is 57.3. The monoisotopic (exact) mass is 1130 g/mol. The summed E-state index contributed by atoms with van der Waals surface area (Å²) < 4.78 is 33.1. The van der Waals surface area contributed by atoms with Crippen LogP contribution in [0.3, 0.4) is 0 Å². The van der Waals surface area contributed by atoms with Gasteiger partial charge in [0.25, 0.3) is 0 Å². The molecule has 0 aliphatic rings. The smallest absolute Gasteiger partial charge is 0.462 e. The van der Waals surface area contributed by atoms with Crippen molar-refractivity contribution < 1.29 is 37.6 Å². The lowest BCUT2D eigenvalue weighted by molar-refractivity contribution is -0.161. The van der Waals surface area contributed by atoms with Crippen LogP contribution in [-0.4, -0.2) is 49.3 Å². The number of hydrogen-bond donors (Lipinski definition) is 2. The molecule has 0 amide bonds. The highest BCUT2D eigenvalue weighted by molar-refractivity contribution is 7.47. The summed E-state index contributed by atoms with van der Waals surface area (Å²) in [4.78, 5) is 35.2. The Morgan fingerprint density at radius 1 is 0.392 bits per heavy atom. The lowest BCUT2D eigenvalue weighted by Gasteiger charge is -2.19. The van der Waals surface area contributed by atoms with Crippen molar-refractivity contribution in [1.29, 1.82) is 0 Å². The topological polar surface area (TPSA) is 134 Å². The minimum absolute atomic E-state index is 0.0543. The summed E-state index contributed by atoms with van der Waals surface area (Å²) in [7, 11) is -4.39. The first-order valence-electron chi connectivity index (χ1n) is 33.8. The molecule has 3 N–H and O–H groups in total. The number of allylic oxidation sites excluding steroid dienone is 10. The van der Waals surface area contributed by atoms with E-state index in [2.05, 4.69) is 74.6 Å². The van der Waals surface area contributed by atoms with E-state index in [4.69, 9.17) is 24.3 Å². The summed E-state index contributed by atoms with van der Waals surface area (Å²) in [6.07, 6.45) is 83.3. The third-order valence-electron chi connectivity index (χ3n) is 14.9. The van der Waals surface area contributed by atoms with E-state index in [1.807, 2.05) is 0 Å². The first-order chi connectivity index (χ1) is 38.8. The average molecular weight is 1130 g/mol. The molecule has 0 aliphatic carbocycles. The van der Waals surface area contributed by atoms with Crippen LogP contribution in [0.5, 0.6) is 0 Å². The van der Waals surface area contributed by atoms with E-state index < -0.39 is 26.5 Å². The van der Waals surface area contributed by atoms with Crippen molar-refractivity contribution in [2.45, 2.75) is 341 Å². The van der Waals surface area contributed by atoms with E-state index in [1.165, 1.54) is 231 Å². The number of carbonyl (C=O) groups is 2. The van der Waals surface area contributed by atoms with E-state index in [0.29, 0.717) is 6.42 Å². The number of esters is 2. The van der Waals surface area contributed by atoms with E-state index in [-0.39, 0.29) is 38.6 Å². The number of ether oxygens (including phenoxy) is 2. The standard InChI is InChI=1S/C69H128NO8P/c1-3-5-7-9-11-13-15-17-19-21-22-23-24-25-26-27-28-29-30-31-32-33-34-35-36-37-38-39-40-41-42-43-44-46-48-50-52-54-56-58-60-62-69(72)78-67(66-77-79(73,74)76-64-63-70)65-75-68(71)61-59-57-55-53-51-49-47-45-20-18-16-14-12-10-8-6-4-2/h5,7,11,13,17-20,22-23,67H,3-4,6,8-10,12,14-16,21,24-66,70H2,1-2H3,(H,73,74)/b7-5-,13-11-,19-17-,20-18-,23-22-. The third-order valence-corrected chi connectivity index (χ3v) is 15.9. The summed E-state index contributed by atoms with van der Waals surface area (Å²) in [6.45, 7) is 3.67. The second-order valence-corrected chi connectivity index (χ2v) is 24.1. The van der Waals surface area contributed by atoms with Gasteiger partial charge in [-0.05, 0) is 77.0 Å². The van der Waals surface area contributed by atoms with E-state index >= 15 is 0 Å². The summed E-state index contributed by atoms with van der Waals surface area (Å²) in [5, 5.41) is 0. The molecule has 0 saturated heterocycles. The molecule has 0 heterocycles. The molecule has 10 heteroatoms. The van der Waals surface area contributed by atoms with Gasteiger partial charge in [0, 0.05) is 19.4 Å². The molecular formula is C69H128NO8P. The molecule has 0 rings (SSSR count). The zero-order valence-electron chi connectivity index (χ0n) is 51.9. The Balaban J connectivity index is 3.74. The number of hydrogen-bond acceptors (Lipinski definition) is 8. The molecule has 0 aromatic carbocycles. The minimum atomic E-state index is -4.39. The van der Waals surface area contributed by atoms with Gasteiger partial charge < -0.3 is 20.1 Å². The van der Waals surface area contributed by atoms with Gasteiger partial charge in [-0.1, -0.05) is 306 Å². The molecule has 0 fully saturated rings. The number of phosphoric acid groups is 1. The number of phosphoric ester groups is 1. The fraction of sp³-hybridized carbons (Fsp3) is 0.826. The lowest BCUT2D eigenvalue weighted by atomic mass is 10.0. The van der Waals surface area contributed by atoms with Crippen molar-refractivity contribution in [2.24, 2.45) is 5.73 Å². The number of nitrogens with two attached hydrogens (primary N) is 1. The fourth-order valence-electron chi connectivity index (χ4n) is 9.92. The van der Waals surface area contributed by atoms with Crippen molar-refractivity contribution in [3.63, 3.8) is 0 Å². The summed E-state index contributed by atoms with van der Waals surface area (Å²) in [6, 6.07) is 0. The van der Waals surface area contributed by atoms with Crippen molar-refractivity contribution in [3.8, 4) is 0 Å². The molecule has 0 radical (unpaired) electrons. The normalized spacial score (nSPS) is 13.3. The van der Waals surface area contributed by atoms with Gasteiger partial charge in [0.05, 0.1) is 13.2 Å². The predicted octanol–water partition coefficient (Wildman–Crippen LogP) is 21.9. The number of unbranched alkanes of at least 4 members (excludes halogenated alkanes) is 41. The Morgan fingerprint density at radius 2 is 0.696 bits per heavy atom. The average Bonchev–Trinajstić information content (AvgIpc) is 3.44. The molecule has 79 heavy (non-hydrogen) atoms. The third kappa shape index (κ3) is 64.7. The molecule has 0 aromatic rings. The molecule has 2 atom stereocenters. The molecular weight excluding hydrogens is 1000 g/mol. The molecule has 2 unspecified atom stereocenters. The van der Waals surface area contributed by atoms with Gasteiger partial charge in [-0.25, -0.2) is 4.57 Å². The highest BCUT2D eigenvalue weighted by Crippen LogP contribution is 2.43. The van der Waals surface area contributed by atoms with Gasteiger partial charge in [0.2, 0.25) is 0 Å². The van der Waals surface area contributed by atoms with Gasteiger partial charge >= 0.3 is 19.8 Å². The van der Waals surface area contributed by atoms with Gasteiger partial charge in [-0.3, -0.25) is 18.6 Å². The second kappa shape index (κ2) is 64.9. The Labute approximate surface area is 489 Å². The van der Waals surface area contributed by atoms with Crippen LogP contribution in [0.2, 0.25) is 0 Å². The van der Waals surface area contributed by atoms with Crippen LogP contribution in [0.25, 0.3) is 0 Å². The quantitative estimate of drug-likeness (QED) is 0.0264. The Hall–Kier alpha value is -2.29. The molecule has 0 aliphatic heterocycles. The largest absolute Gasteiger partial charge is 0.472 e. The Kier molecular flexibility index (Phi) is 63.0. The SMILES string of the molecule is CC/C=C\C/C=C\C/C=C\C/C=C\CCCCCCCCCCCCCCCCCCCCCCCCCCCCCCC(=O)OC(COC(=O)CCCCCCCCC/C=C\CCCCCCCC)COP(=O)(O)OCCN. The summed E-state index contributed by atoms with van der Waals surface area (Å²) >= 11 is 0. The molecule has 0 bridgehead atoms. The van der Waals surface area contributed by atoms with Crippen LogP contribution in [0.15, 0.2) is 60.8 Å². The van der Waals surface area contributed by atoms with Crippen LogP contribution in [0, 0.1) is 0 Å². The fourth-order valence-corrected chi connectivity index (χ4v) is 10.7. The van der Waals surface area contributed by atoms with Gasteiger partial charge in [-0.2, -0.15) is 0 Å². The van der Waals surface area contributed by atoms with Gasteiger partial charge in [0.15, 0.2) is 6.10 Å². The summed E-state index contributed by atoms with van der Waals surface area (Å²) in [5.74, 6) is -0.817. The first kappa shape index (κ1) is 76.7. The van der Waals surface area contributed by atoms with E-state index in [9.17, 15) is 19.0 Å². The van der Waals surface area contributed by atoms with Gasteiger partial charge in [-0.15, -0.1) is 0 Å². The Bertz CT molecular complexity index is 1480. The second-order valence-electron chi connectivity index (χ2n) is 22.7. The van der Waals surface area contributed by atoms with Crippen molar-refractivity contribution >= 4 is 19.8 Å². The van der Waals surface area contributed by atoms with Crippen LogP contribution in [0.1, 0.15) is 335 Å². The van der Waals surface area contributed by atoms with Crippen molar-refractivity contribution in [1.82, 2.24) is 0 Å². The van der Waals surface area contributed by atoms with Crippen molar-refractivity contribution in [3.05, 3.63) is 60.8 Å². The van der Waals surface area contributed by atoms with Crippen LogP contribution < -0.4 is 5.73 Å².